The summed E-state index contributed by atoms with van der Waals surface area (Å²) in [6.45, 7) is 2.45. The van der Waals surface area contributed by atoms with Crippen molar-refractivity contribution in [3.8, 4) is 0 Å². The molecule has 1 atom stereocenters. The third kappa shape index (κ3) is 3.04. The van der Waals surface area contributed by atoms with Crippen molar-refractivity contribution in [1.29, 1.82) is 0 Å². The summed E-state index contributed by atoms with van der Waals surface area (Å²) in [7, 11) is 0. The minimum Gasteiger partial charge on any atom is -0.376 e. The van der Waals surface area contributed by atoms with E-state index in [1.165, 1.54) is 6.92 Å². The van der Waals surface area contributed by atoms with Crippen molar-refractivity contribution in [2.75, 3.05) is 13.2 Å². The van der Waals surface area contributed by atoms with Gasteiger partial charge in [0.25, 0.3) is 5.91 Å². The van der Waals surface area contributed by atoms with Gasteiger partial charge in [0.15, 0.2) is 11.6 Å². The van der Waals surface area contributed by atoms with Gasteiger partial charge in [0, 0.05) is 13.2 Å². The molecule has 0 radical (unpaired) electrons. The smallest absolute Gasteiger partial charge is 0.255 e. The van der Waals surface area contributed by atoms with E-state index in [2.05, 4.69) is 5.32 Å². The molecule has 0 aliphatic carbocycles. The van der Waals surface area contributed by atoms with Crippen LogP contribution in [0.1, 0.15) is 28.8 Å². The Bertz CT molecular complexity index is 476. The van der Waals surface area contributed by atoms with Gasteiger partial charge < -0.3 is 10.1 Å². The van der Waals surface area contributed by atoms with Crippen molar-refractivity contribution >= 4 is 17.5 Å². The molecule has 1 heterocycles. The van der Waals surface area contributed by atoms with Gasteiger partial charge in [0.1, 0.15) is 0 Å². The highest BCUT2D eigenvalue weighted by Gasteiger charge is 2.23. The highest BCUT2D eigenvalue weighted by Crippen LogP contribution is 2.25. The van der Waals surface area contributed by atoms with Crippen molar-refractivity contribution in [3.63, 3.8) is 0 Å². The molecular formula is C13H14ClF2NO2. The molecule has 104 valence electrons. The van der Waals surface area contributed by atoms with E-state index >= 15 is 0 Å². The van der Waals surface area contributed by atoms with Crippen molar-refractivity contribution in [3.05, 3.63) is 33.9 Å². The molecular weight excluding hydrogens is 276 g/mol. The van der Waals surface area contributed by atoms with E-state index in [9.17, 15) is 13.6 Å². The molecule has 1 aliphatic heterocycles. The first-order valence-electron chi connectivity index (χ1n) is 6.04. The van der Waals surface area contributed by atoms with E-state index < -0.39 is 23.1 Å². The van der Waals surface area contributed by atoms with Crippen molar-refractivity contribution in [2.24, 2.45) is 0 Å². The molecule has 0 aromatic heterocycles. The second kappa shape index (κ2) is 5.84. The van der Waals surface area contributed by atoms with Gasteiger partial charge in [-0.1, -0.05) is 11.6 Å². The summed E-state index contributed by atoms with van der Waals surface area (Å²) in [5, 5.41) is 2.46. The maximum Gasteiger partial charge on any atom is 0.255 e. The minimum absolute atomic E-state index is 0.0660. The molecule has 19 heavy (non-hydrogen) atoms. The first-order chi connectivity index (χ1) is 9.00. The van der Waals surface area contributed by atoms with Gasteiger partial charge in [0.2, 0.25) is 0 Å². The van der Waals surface area contributed by atoms with Crippen molar-refractivity contribution in [2.45, 2.75) is 25.9 Å². The number of carbonyl (C=O) groups is 1. The van der Waals surface area contributed by atoms with Crippen LogP contribution < -0.4 is 5.32 Å². The zero-order valence-corrected chi connectivity index (χ0v) is 11.2. The molecule has 1 aliphatic rings. The first-order valence-corrected chi connectivity index (χ1v) is 6.42. The lowest BCUT2D eigenvalue weighted by Crippen LogP contribution is -2.32. The zero-order valence-electron chi connectivity index (χ0n) is 10.4. The Morgan fingerprint density at radius 2 is 2.32 bits per heavy atom. The number of amides is 1. The maximum atomic E-state index is 13.6. The van der Waals surface area contributed by atoms with Crippen LogP contribution >= 0.6 is 11.6 Å². The first kappa shape index (κ1) is 14.2. The lowest BCUT2D eigenvalue weighted by molar-refractivity contribution is 0.0853. The van der Waals surface area contributed by atoms with E-state index in [4.69, 9.17) is 16.3 Å². The van der Waals surface area contributed by atoms with E-state index in [1.807, 2.05) is 0 Å². The van der Waals surface area contributed by atoms with Crippen molar-refractivity contribution < 1.29 is 18.3 Å². The van der Waals surface area contributed by atoms with Crippen LogP contribution in [0.15, 0.2) is 6.07 Å². The molecule has 0 saturated carbocycles. The Balaban J connectivity index is 2.14. The molecule has 1 fully saturated rings. The monoisotopic (exact) mass is 289 g/mol. The van der Waals surface area contributed by atoms with Crippen LogP contribution in [0, 0.1) is 18.6 Å². The third-order valence-electron chi connectivity index (χ3n) is 3.08. The molecule has 6 heteroatoms. The number of hydrogen-bond acceptors (Lipinski definition) is 2. The fraction of sp³-hybridized carbons (Fsp3) is 0.462. The summed E-state index contributed by atoms with van der Waals surface area (Å²) in [4.78, 5) is 11.9. The molecule has 1 saturated heterocycles. The van der Waals surface area contributed by atoms with Gasteiger partial charge in [0.05, 0.1) is 16.7 Å². The Labute approximate surface area is 114 Å². The maximum absolute atomic E-state index is 13.6. The quantitative estimate of drug-likeness (QED) is 0.869. The number of aryl methyl sites for hydroxylation is 1. The van der Waals surface area contributed by atoms with Gasteiger partial charge >= 0.3 is 0 Å². The molecule has 1 aromatic rings. The topological polar surface area (TPSA) is 38.3 Å². The molecule has 3 nitrogen and oxygen atoms in total. The number of benzene rings is 1. The highest BCUT2D eigenvalue weighted by atomic mass is 35.5. The SMILES string of the molecule is Cc1cc(F)c(F)c(C(=O)NCC2CCCO2)c1Cl. The normalized spacial score (nSPS) is 18.6. The second-order valence-corrected chi connectivity index (χ2v) is 4.90. The van der Waals surface area contributed by atoms with Gasteiger partial charge in [-0.05, 0) is 31.4 Å². The number of carbonyl (C=O) groups excluding carboxylic acids is 1. The van der Waals surface area contributed by atoms with E-state index in [1.54, 1.807) is 0 Å². The second-order valence-electron chi connectivity index (χ2n) is 4.52. The average Bonchev–Trinajstić information content (AvgIpc) is 2.87. The van der Waals surface area contributed by atoms with Gasteiger partial charge in [-0.3, -0.25) is 4.79 Å². The lowest BCUT2D eigenvalue weighted by Gasteiger charge is -2.13. The summed E-state index contributed by atoms with van der Waals surface area (Å²) < 4.78 is 32.3. The standard InChI is InChI=1S/C13H14ClF2NO2/c1-7-5-9(15)12(16)10(11(7)14)13(18)17-6-8-3-2-4-19-8/h5,8H,2-4,6H2,1H3,(H,17,18). The zero-order chi connectivity index (χ0) is 14.0. The molecule has 0 spiro atoms. The number of nitrogens with one attached hydrogen (secondary N) is 1. The fourth-order valence-corrected chi connectivity index (χ4v) is 2.25. The summed E-state index contributed by atoms with van der Waals surface area (Å²) in [6, 6.07) is 0.967. The molecule has 1 N–H and O–H groups in total. The van der Waals surface area contributed by atoms with Crippen LogP contribution in [0.5, 0.6) is 0 Å². The van der Waals surface area contributed by atoms with E-state index in [0.29, 0.717) is 12.2 Å². The third-order valence-corrected chi connectivity index (χ3v) is 3.57. The number of halogens is 3. The molecule has 2 rings (SSSR count). The van der Waals surface area contributed by atoms with Crippen molar-refractivity contribution in [1.82, 2.24) is 5.32 Å². The van der Waals surface area contributed by atoms with Crippen LogP contribution in [0.2, 0.25) is 5.02 Å². The lowest BCUT2D eigenvalue weighted by atomic mass is 10.1. The Morgan fingerprint density at radius 3 is 2.95 bits per heavy atom. The van der Waals surface area contributed by atoms with Crippen LogP contribution in [0.25, 0.3) is 0 Å². The number of ether oxygens (including phenoxy) is 1. The van der Waals surface area contributed by atoms with E-state index in [0.717, 1.165) is 18.9 Å². The predicted molar refractivity (Wildman–Crippen MR) is 67.4 cm³/mol. The van der Waals surface area contributed by atoms with E-state index in [-0.39, 0.29) is 17.7 Å². The highest BCUT2D eigenvalue weighted by molar-refractivity contribution is 6.34. The Hall–Kier alpha value is -1.20. The molecule has 1 unspecified atom stereocenters. The van der Waals surface area contributed by atoms with Gasteiger partial charge in [-0.2, -0.15) is 0 Å². The summed E-state index contributed by atoms with van der Waals surface area (Å²) in [6.07, 6.45) is 1.72. The fourth-order valence-electron chi connectivity index (χ4n) is 2.03. The van der Waals surface area contributed by atoms with Crippen LogP contribution in [0.4, 0.5) is 8.78 Å². The summed E-state index contributed by atoms with van der Waals surface area (Å²) >= 11 is 5.86. The molecule has 1 amide bonds. The van der Waals surface area contributed by atoms with Gasteiger partial charge in [-0.25, -0.2) is 8.78 Å². The molecule has 1 aromatic carbocycles. The number of hydrogen-bond donors (Lipinski definition) is 1. The van der Waals surface area contributed by atoms with Gasteiger partial charge in [-0.15, -0.1) is 0 Å². The van der Waals surface area contributed by atoms with Crippen LogP contribution in [-0.4, -0.2) is 25.2 Å². The summed E-state index contributed by atoms with van der Waals surface area (Å²) in [5.74, 6) is -3.02. The molecule has 0 bridgehead atoms. The van der Waals surface area contributed by atoms with Crippen LogP contribution in [-0.2, 0) is 4.74 Å². The van der Waals surface area contributed by atoms with Crippen LogP contribution in [0.3, 0.4) is 0 Å². The number of rotatable bonds is 3. The summed E-state index contributed by atoms with van der Waals surface area (Å²) in [5.41, 5.74) is -0.125. The minimum atomic E-state index is -1.22. The Morgan fingerprint density at radius 1 is 1.58 bits per heavy atom. The predicted octanol–water partition coefficient (Wildman–Crippen LogP) is 2.84. The largest absolute Gasteiger partial charge is 0.376 e. The average molecular weight is 290 g/mol. The Kier molecular flexibility index (Phi) is 4.37.